The Morgan fingerprint density at radius 2 is 1.79 bits per heavy atom. The van der Waals surface area contributed by atoms with E-state index in [1.807, 2.05) is 6.92 Å². The minimum atomic E-state index is -0.959. The number of carboxylic acid groups (broad SMARTS) is 1. The molecule has 0 aliphatic heterocycles. The molecule has 0 amide bonds. The molecule has 1 unspecified atom stereocenters. The Hall–Kier alpha value is -0.860. The van der Waals surface area contributed by atoms with Crippen LogP contribution in [0.3, 0.4) is 0 Å². The van der Waals surface area contributed by atoms with Crippen molar-refractivity contribution in [3.63, 3.8) is 0 Å². The molecule has 0 heterocycles. The molecule has 0 aliphatic carbocycles. The molecule has 0 radical (unpaired) electrons. The van der Waals surface area contributed by atoms with Gasteiger partial charge in [-0.15, -0.1) is 0 Å². The monoisotopic (exact) mass is 200 g/mol. The smallest absolute Gasteiger partial charge is 0.314 e. The van der Waals surface area contributed by atoms with Crippen molar-refractivity contribution in [1.82, 2.24) is 0 Å². The number of ketones is 1. The summed E-state index contributed by atoms with van der Waals surface area (Å²) in [6.45, 7) is 3.95. The first-order valence-corrected chi connectivity index (χ1v) is 5.39. The molecule has 0 saturated carbocycles. The second-order valence-electron chi connectivity index (χ2n) is 3.60. The number of aliphatic carboxylic acids is 1. The first-order chi connectivity index (χ1) is 6.63. The molecule has 0 aromatic carbocycles. The van der Waals surface area contributed by atoms with E-state index in [2.05, 4.69) is 6.92 Å². The van der Waals surface area contributed by atoms with E-state index < -0.39 is 11.9 Å². The van der Waals surface area contributed by atoms with Crippen LogP contribution in [-0.4, -0.2) is 16.9 Å². The normalized spacial score (nSPS) is 12.4. The molecule has 0 rings (SSSR count). The Morgan fingerprint density at radius 3 is 2.21 bits per heavy atom. The van der Waals surface area contributed by atoms with Gasteiger partial charge in [0.2, 0.25) is 0 Å². The van der Waals surface area contributed by atoms with Crippen LogP contribution in [-0.2, 0) is 9.59 Å². The van der Waals surface area contributed by atoms with Crippen LogP contribution < -0.4 is 0 Å². The van der Waals surface area contributed by atoms with E-state index in [0.29, 0.717) is 12.8 Å². The van der Waals surface area contributed by atoms with Gasteiger partial charge in [-0.1, -0.05) is 33.1 Å². The van der Waals surface area contributed by atoms with Gasteiger partial charge in [-0.3, -0.25) is 9.59 Å². The molecule has 0 bridgehead atoms. The lowest BCUT2D eigenvalue weighted by atomic mass is 9.94. The van der Waals surface area contributed by atoms with E-state index in [0.717, 1.165) is 25.7 Å². The largest absolute Gasteiger partial charge is 0.481 e. The molecule has 14 heavy (non-hydrogen) atoms. The SMILES string of the molecule is CCCCCC(C(=O)O)C(=O)CCC. The van der Waals surface area contributed by atoms with Crippen LogP contribution in [0, 0.1) is 5.92 Å². The van der Waals surface area contributed by atoms with E-state index in [1.165, 1.54) is 0 Å². The van der Waals surface area contributed by atoms with Gasteiger partial charge in [0.1, 0.15) is 11.7 Å². The maximum Gasteiger partial charge on any atom is 0.314 e. The molecule has 1 N–H and O–H groups in total. The Balaban J connectivity index is 4.01. The standard InChI is InChI=1S/C11H20O3/c1-3-5-6-8-9(11(13)14)10(12)7-4-2/h9H,3-8H2,1-2H3,(H,13,14). The summed E-state index contributed by atoms with van der Waals surface area (Å²) in [7, 11) is 0. The van der Waals surface area contributed by atoms with Crippen molar-refractivity contribution in [1.29, 1.82) is 0 Å². The predicted molar refractivity (Wildman–Crippen MR) is 55.2 cm³/mol. The van der Waals surface area contributed by atoms with E-state index in [1.54, 1.807) is 0 Å². The van der Waals surface area contributed by atoms with Crippen molar-refractivity contribution in [2.75, 3.05) is 0 Å². The average molecular weight is 200 g/mol. The number of hydrogen-bond donors (Lipinski definition) is 1. The minimum Gasteiger partial charge on any atom is -0.481 e. The van der Waals surface area contributed by atoms with Gasteiger partial charge in [-0.25, -0.2) is 0 Å². The zero-order valence-corrected chi connectivity index (χ0v) is 9.08. The molecule has 0 aromatic rings. The van der Waals surface area contributed by atoms with Crippen molar-refractivity contribution in [3.8, 4) is 0 Å². The Labute approximate surface area is 85.5 Å². The van der Waals surface area contributed by atoms with E-state index >= 15 is 0 Å². The van der Waals surface area contributed by atoms with Gasteiger partial charge in [0, 0.05) is 6.42 Å². The van der Waals surface area contributed by atoms with Crippen LogP contribution in [0.4, 0.5) is 0 Å². The van der Waals surface area contributed by atoms with Gasteiger partial charge in [0.25, 0.3) is 0 Å². The summed E-state index contributed by atoms with van der Waals surface area (Å²) in [5.74, 6) is -1.84. The van der Waals surface area contributed by atoms with Crippen LogP contribution in [0.15, 0.2) is 0 Å². The zero-order chi connectivity index (χ0) is 11.0. The number of hydrogen-bond acceptors (Lipinski definition) is 2. The number of carboxylic acids is 1. The first-order valence-electron chi connectivity index (χ1n) is 5.39. The third kappa shape index (κ3) is 5.00. The summed E-state index contributed by atoms with van der Waals surface area (Å²) >= 11 is 0. The minimum absolute atomic E-state index is 0.115. The Bertz CT molecular complexity index is 187. The van der Waals surface area contributed by atoms with Crippen molar-refractivity contribution < 1.29 is 14.7 Å². The molecule has 0 spiro atoms. The lowest BCUT2D eigenvalue weighted by molar-refractivity contribution is -0.146. The summed E-state index contributed by atoms with van der Waals surface area (Å²) in [5.41, 5.74) is 0. The van der Waals surface area contributed by atoms with Crippen LogP contribution in [0.2, 0.25) is 0 Å². The number of carbonyl (C=O) groups excluding carboxylic acids is 1. The summed E-state index contributed by atoms with van der Waals surface area (Å²) in [6.07, 6.45) is 4.52. The molecule has 0 aromatic heterocycles. The fourth-order valence-electron chi connectivity index (χ4n) is 1.44. The lowest BCUT2D eigenvalue weighted by Gasteiger charge is -2.09. The van der Waals surface area contributed by atoms with E-state index in [-0.39, 0.29) is 5.78 Å². The Kier molecular flexibility index (Phi) is 7.07. The van der Waals surface area contributed by atoms with Gasteiger partial charge < -0.3 is 5.11 Å². The van der Waals surface area contributed by atoms with Gasteiger partial charge in [-0.2, -0.15) is 0 Å². The maximum atomic E-state index is 11.4. The maximum absolute atomic E-state index is 11.4. The second-order valence-corrected chi connectivity index (χ2v) is 3.60. The van der Waals surface area contributed by atoms with Crippen molar-refractivity contribution >= 4 is 11.8 Å². The van der Waals surface area contributed by atoms with Crippen LogP contribution in [0.5, 0.6) is 0 Å². The van der Waals surface area contributed by atoms with Crippen LogP contribution >= 0.6 is 0 Å². The molecule has 3 heteroatoms. The van der Waals surface area contributed by atoms with Gasteiger partial charge >= 0.3 is 5.97 Å². The van der Waals surface area contributed by atoms with Crippen molar-refractivity contribution in [3.05, 3.63) is 0 Å². The molecule has 0 fully saturated rings. The summed E-state index contributed by atoms with van der Waals surface area (Å²) in [6, 6.07) is 0. The third-order valence-corrected chi connectivity index (χ3v) is 2.28. The second kappa shape index (κ2) is 7.54. The quantitative estimate of drug-likeness (QED) is 0.484. The van der Waals surface area contributed by atoms with Gasteiger partial charge in [-0.05, 0) is 12.8 Å². The topological polar surface area (TPSA) is 54.4 Å². The van der Waals surface area contributed by atoms with Crippen molar-refractivity contribution in [2.24, 2.45) is 5.92 Å². The lowest BCUT2D eigenvalue weighted by Crippen LogP contribution is -2.23. The third-order valence-electron chi connectivity index (χ3n) is 2.28. The van der Waals surface area contributed by atoms with E-state index in [4.69, 9.17) is 5.11 Å². The summed E-state index contributed by atoms with van der Waals surface area (Å²) < 4.78 is 0. The molecule has 3 nitrogen and oxygen atoms in total. The molecular weight excluding hydrogens is 180 g/mol. The highest BCUT2D eigenvalue weighted by atomic mass is 16.4. The fraction of sp³-hybridized carbons (Fsp3) is 0.818. The zero-order valence-electron chi connectivity index (χ0n) is 9.08. The molecule has 0 saturated heterocycles. The molecular formula is C11H20O3. The van der Waals surface area contributed by atoms with Crippen LogP contribution in [0.25, 0.3) is 0 Å². The van der Waals surface area contributed by atoms with E-state index in [9.17, 15) is 9.59 Å². The van der Waals surface area contributed by atoms with Gasteiger partial charge in [0.05, 0.1) is 0 Å². The number of rotatable bonds is 8. The molecule has 82 valence electrons. The number of unbranched alkanes of at least 4 members (excludes halogenated alkanes) is 2. The summed E-state index contributed by atoms with van der Waals surface area (Å²) in [4.78, 5) is 22.2. The highest BCUT2D eigenvalue weighted by molar-refractivity contribution is 5.98. The molecule has 1 atom stereocenters. The Morgan fingerprint density at radius 1 is 1.14 bits per heavy atom. The van der Waals surface area contributed by atoms with Crippen LogP contribution in [0.1, 0.15) is 52.4 Å². The fourth-order valence-corrected chi connectivity index (χ4v) is 1.44. The average Bonchev–Trinajstić information content (AvgIpc) is 2.12. The summed E-state index contributed by atoms with van der Waals surface area (Å²) in [5, 5.41) is 8.85. The van der Waals surface area contributed by atoms with Crippen molar-refractivity contribution in [2.45, 2.75) is 52.4 Å². The van der Waals surface area contributed by atoms with Gasteiger partial charge in [0.15, 0.2) is 0 Å². The highest BCUT2D eigenvalue weighted by Gasteiger charge is 2.24. The predicted octanol–water partition coefficient (Wildman–Crippen LogP) is 2.64. The number of Topliss-reactive ketones (excluding diaryl/α,β-unsaturated/α-hetero) is 1. The molecule has 0 aliphatic rings. The number of carbonyl (C=O) groups is 2. The first kappa shape index (κ1) is 13.1. The highest BCUT2D eigenvalue weighted by Crippen LogP contribution is 2.14.